The van der Waals surface area contributed by atoms with Crippen LogP contribution in [0.25, 0.3) is 0 Å². The van der Waals surface area contributed by atoms with Crippen LogP contribution in [-0.2, 0) is 6.54 Å². The van der Waals surface area contributed by atoms with Crippen LogP contribution in [0.1, 0.15) is 34.5 Å². The van der Waals surface area contributed by atoms with Crippen LogP contribution in [0.2, 0.25) is 0 Å². The smallest absolute Gasteiger partial charge is 0.259 e. The van der Waals surface area contributed by atoms with Crippen LogP contribution in [0.15, 0.2) is 60.4 Å². The molecule has 1 aliphatic heterocycles. The summed E-state index contributed by atoms with van der Waals surface area (Å²) in [5, 5.41) is 21.5. The maximum Gasteiger partial charge on any atom is 0.259 e. The Labute approximate surface area is 178 Å². The molecule has 1 saturated heterocycles. The maximum atomic E-state index is 13.1. The van der Waals surface area contributed by atoms with E-state index in [9.17, 15) is 18.7 Å². The van der Waals surface area contributed by atoms with Gasteiger partial charge in [-0.3, -0.25) is 15.2 Å². The predicted molar refractivity (Wildman–Crippen MR) is 112 cm³/mol. The number of hydrazine groups is 1. The van der Waals surface area contributed by atoms with Gasteiger partial charge in [-0.2, -0.15) is 0 Å². The summed E-state index contributed by atoms with van der Waals surface area (Å²) >= 11 is 0. The van der Waals surface area contributed by atoms with Gasteiger partial charge in [0.25, 0.3) is 12.3 Å². The third-order valence-electron chi connectivity index (χ3n) is 5.12. The summed E-state index contributed by atoms with van der Waals surface area (Å²) in [6.07, 6.45) is -1.89. The molecule has 31 heavy (non-hydrogen) atoms. The molecule has 0 spiro atoms. The Morgan fingerprint density at radius 1 is 1.29 bits per heavy atom. The molecular weight excluding hydrogens is 406 g/mol. The van der Waals surface area contributed by atoms with E-state index >= 15 is 0 Å². The zero-order chi connectivity index (χ0) is 22.5. The number of aliphatic hydroxyl groups excluding tert-OH is 1. The van der Waals surface area contributed by atoms with Crippen molar-refractivity contribution in [2.24, 2.45) is 0 Å². The van der Waals surface area contributed by atoms with E-state index in [2.05, 4.69) is 10.7 Å². The fourth-order valence-electron chi connectivity index (χ4n) is 3.31. The van der Waals surface area contributed by atoms with E-state index in [1.54, 1.807) is 48.5 Å². The number of benzene rings is 2. The molecule has 0 saturated carbocycles. The van der Waals surface area contributed by atoms with E-state index in [1.807, 2.05) is 0 Å². The van der Waals surface area contributed by atoms with Gasteiger partial charge in [-0.25, -0.2) is 14.2 Å². The van der Waals surface area contributed by atoms with E-state index in [0.717, 1.165) is 16.8 Å². The average molecular weight is 430 g/mol. The minimum atomic E-state index is -2.65. The summed E-state index contributed by atoms with van der Waals surface area (Å²) in [4.78, 5) is 12.4. The molecule has 2 atom stereocenters. The number of carbonyl (C=O) groups is 1. The molecule has 2 aromatic carbocycles. The lowest BCUT2D eigenvalue weighted by Crippen LogP contribution is -2.45. The van der Waals surface area contributed by atoms with Crippen LogP contribution in [0.5, 0.6) is 5.75 Å². The Balaban J connectivity index is 1.68. The quantitative estimate of drug-likeness (QED) is 0.504. The van der Waals surface area contributed by atoms with Crippen LogP contribution in [-0.4, -0.2) is 41.4 Å². The van der Waals surface area contributed by atoms with E-state index in [4.69, 9.17) is 10.1 Å². The largest absolute Gasteiger partial charge is 0.515 e. The molecule has 2 aromatic rings. The number of para-hydroxylation sites is 1. The minimum Gasteiger partial charge on any atom is -0.515 e. The Hall–Kier alpha value is -3.46. The second kappa shape index (κ2) is 9.57. The predicted octanol–water partition coefficient (Wildman–Crippen LogP) is 3.56. The number of methoxy groups -OCH3 is 1. The van der Waals surface area contributed by atoms with Gasteiger partial charge in [0.2, 0.25) is 0 Å². The highest BCUT2D eigenvalue weighted by Gasteiger charge is 2.38. The van der Waals surface area contributed by atoms with Crippen molar-refractivity contribution in [1.29, 1.82) is 5.41 Å². The summed E-state index contributed by atoms with van der Waals surface area (Å²) in [6.45, 7) is 1.58. The van der Waals surface area contributed by atoms with Crippen LogP contribution in [0.3, 0.4) is 0 Å². The molecule has 7 nitrogen and oxygen atoms in total. The number of nitrogens with one attached hydrogen (secondary N) is 3. The van der Waals surface area contributed by atoms with Gasteiger partial charge in [0.15, 0.2) is 0 Å². The number of halogens is 2. The van der Waals surface area contributed by atoms with Crippen molar-refractivity contribution in [2.45, 2.75) is 32.0 Å². The van der Waals surface area contributed by atoms with Gasteiger partial charge < -0.3 is 15.2 Å². The number of ether oxygens (including phenoxy) is 1. The van der Waals surface area contributed by atoms with Crippen LogP contribution in [0, 0.1) is 5.41 Å². The average Bonchev–Trinajstić information content (AvgIpc) is 3.13. The van der Waals surface area contributed by atoms with Gasteiger partial charge >= 0.3 is 0 Å². The molecule has 1 heterocycles. The second-order valence-electron chi connectivity index (χ2n) is 7.06. The molecule has 1 aliphatic rings. The number of hydrogen-bond acceptors (Lipinski definition) is 5. The zero-order valence-electron chi connectivity index (χ0n) is 17.1. The number of hydrogen-bond donors (Lipinski definition) is 4. The van der Waals surface area contributed by atoms with Crippen LogP contribution >= 0.6 is 0 Å². The highest BCUT2D eigenvalue weighted by Crippen LogP contribution is 2.31. The lowest BCUT2D eigenvalue weighted by Gasteiger charge is -2.25. The molecule has 0 bridgehead atoms. The first-order valence-corrected chi connectivity index (χ1v) is 9.64. The number of alkyl halides is 2. The van der Waals surface area contributed by atoms with Gasteiger partial charge in [-0.15, -0.1) is 0 Å². The number of amidine groups is 1. The van der Waals surface area contributed by atoms with Crippen molar-refractivity contribution in [2.75, 3.05) is 7.11 Å². The van der Waals surface area contributed by atoms with E-state index in [-0.39, 0.29) is 23.9 Å². The van der Waals surface area contributed by atoms with Crippen molar-refractivity contribution in [3.8, 4) is 5.75 Å². The monoisotopic (exact) mass is 430 g/mol. The molecular formula is C22H24F2N4O3. The molecule has 1 fully saturated rings. The number of nitrogens with zero attached hydrogens (tertiary/aromatic N) is 1. The molecule has 164 valence electrons. The summed E-state index contributed by atoms with van der Waals surface area (Å²) in [5.41, 5.74) is 5.01. The molecule has 0 radical (unpaired) electrons. The lowest BCUT2D eigenvalue weighted by molar-refractivity contribution is 0.0486. The maximum absolute atomic E-state index is 13.1. The summed E-state index contributed by atoms with van der Waals surface area (Å²) in [6, 6.07) is 12.2. The molecule has 3 rings (SSSR count). The highest BCUT2D eigenvalue weighted by atomic mass is 19.3. The molecule has 0 aromatic heterocycles. The van der Waals surface area contributed by atoms with E-state index < -0.39 is 18.5 Å². The number of carbonyl (C=O) groups excluding carboxylic acids is 1. The molecule has 2 unspecified atom stereocenters. The van der Waals surface area contributed by atoms with Crippen LogP contribution in [0.4, 0.5) is 8.78 Å². The number of amides is 1. The number of rotatable bonds is 7. The Bertz CT molecular complexity index is 979. The Morgan fingerprint density at radius 3 is 2.58 bits per heavy atom. The fourth-order valence-corrected chi connectivity index (χ4v) is 3.31. The minimum absolute atomic E-state index is 0.199. The first-order valence-electron chi connectivity index (χ1n) is 9.64. The van der Waals surface area contributed by atoms with Gasteiger partial charge in [-0.05, 0) is 30.2 Å². The van der Waals surface area contributed by atoms with Crippen molar-refractivity contribution in [3.63, 3.8) is 0 Å². The second-order valence-corrected chi connectivity index (χ2v) is 7.06. The van der Waals surface area contributed by atoms with Crippen molar-refractivity contribution < 1.29 is 23.4 Å². The van der Waals surface area contributed by atoms with Gasteiger partial charge in [0.05, 0.1) is 30.6 Å². The molecule has 0 aliphatic carbocycles. The first kappa shape index (κ1) is 22.2. The Kier molecular flexibility index (Phi) is 6.86. The van der Waals surface area contributed by atoms with Crippen molar-refractivity contribution >= 4 is 11.7 Å². The first-order chi connectivity index (χ1) is 14.9. The molecule has 4 N–H and O–H groups in total. The van der Waals surface area contributed by atoms with Gasteiger partial charge in [0, 0.05) is 6.54 Å². The van der Waals surface area contributed by atoms with Crippen molar-refractivity contribution in [1.82, 2.24) is 15.8 Å². The van der Waals surface area contributed by atoms with E-state index in [0.29, 0.717) is 16.9 Å². The standard InChI is InChI=1S/C22H24F2N4O3/c1-13(20(23)24)28-21(25)17(12-29)19(27-28)15-9-7-14(8-10-15)11-26-22(30)16-5-3-4-6-18(16)31-2/h3-10,12-13,19-20,25,27,29H,11H2,1-2H3,(H,26,30). The summed E-state index contributed by atoms with van der Waals surface area (Å²) < 4.78 is 31.4. The molecule has 9 heteroatoms. The normalized spacial score (nSPS) is 18.5. The third-order valence-corrected chi connectivity index (χ3v) is 5.12. The lowest BCUT2D eigenvalue weighted by atomic mass is 9.99. The Morgan fingerprint density at radius 2 is 1.97 bits per heavy atom. The summed E-state index contributed by atoms with van der Waals surface area (Å²) in [7, 11) is 1.50. The fraction of sp³-hybridized carbons (Fsp3) is 0.273. The SMILES string of the molecule is COc1ccccc1C(=O)NCc1ccc(C2NN(C(C)C(F)F)C(=N)C2=CO)cc1. The highest BCUT2D eigenvalue weighted by molar-refractivity contribution is 5.99. The number of aliphatic hydroxyl groups is 1. The third kappa shape index (κ3) is 4.66. The molecule has 1 amide bonds. The van der Waals surface area contributed by atoms with Crippen LogP contribution < -0.4 is 15.5 Å². The van der Waals surface area contributed by atoms with Crippen molar-refractivity contribution in [3.05, 3.63) is 77.1 Å². The zero-order valence-corrected chi connectivity index (χ0v) is 17.1. The van der Waals surface area contributed by atoms with Gasteiger partial charge in [0.1, 0.15) is 17.6 Å². The topological polar surface area (TPSA) is 97.7 Å². The van der Waals surface area contributed by atoms with E-state index in [1.165, 1.54) is 14.0 Å². The van der Waals surface area contributed by atoms with Gasteiger partial charge in [-0.1, -0.05) is 36.4 Å². The summed E-state index contributed by atoms with van der Waals surface area (Å²) in [5.74, 6) is 0.0130.